The molecular formula is C24H29ClFN9. The fourth-order valence-electron chi connectivity index (χ4n) is 5.68. The average molecular weight is 498 g/mol. The highest BCUT2D eigenvalue weighted by Gasteiger charge is 2.43. The molecule has 0 amide bonds. The zero-order chi connectivity index (χ0) is 24.2. The van der Waals surface area contributed by atoms with E-state index < -0.39 is 5.82 Å². The van der Waals surface area contributed by atoms with Crippen molar-refractivity contribution in [1.29, 1.82) is 0 Å². The number of aromatic nitrogens is 6. The Balaban J connectivity index is 1.22. The standard InChI is InChI=1S/C24H29ClFN9/c1-24(2)12-15(10-16-4-3-9-34(16)24)28-21-18(25)13-27-23(30-21)29-20-11-17(7-8-19(20)26)35-22(14-5-6-14)31-32-33-35/h7-8,11,13-16H,3-6,9-10,12H2,1-2H3,(H2,27,28,29,30)/t15-,16+/m1/s1. The minimum absolute atomic E-state index is 0.122. The van der Waals surface area contributed by atoms with E-state index in [0.29, 0.717) is 28.5 Å². The van der Waals surface area contributed by atoms with Crippen LogP contribution in [0.1, 0.15) is 64.1 Å². The minimum Gasteiger partial charge on any atom is -0.366 e. The van der Waals surface area contributed by atoms with Gasteiger partial charge in [-0.25, -0.2) is 9.37 Å². The van der Waals surface area contributed by atoms with Crippen LogP contribution in [0.3, 0.4) is 0 Å². The number of halogens is 2. The van der Waals surface area contributed by atoms with Gasteiger partial charge in [0.15, 0.2) is 11.6 Å². The third kappa shape index (κ3) is 4.45. The van der Waals surface area contributed by atoms with Crippen molar-refractivity contribution >= 4 is 29.1 Å². The summed E-state index contributed by atoms with van der Waals surface area (Å²) in [5, 5.41) is 19.0. The highest BCUT2D eigenvalue weighted by molar-refractivity contribution is 6.32. The summed E-state index contributed by atoms with van der Waals surface area (Å²) < 4.78 is 16.4. The van der Waals surface area contributed by atoms with E-state index in [1.165, 1.54) is 25.5 Å². The van der Waals surface area contributed by atoms with Crippen molar-refractivity contribution in [1.82, 2.24) is 35.1 Å². The van der Waals surface area contributed by atoms with Crippen LogP contribution in [0.15, 0.2) is 24.4 Å². The second-order valence-electron chi connectivity index (χ2n) is 10.5. The van der Waals surface area contributed by atoms with Crippen LogP contribution in [0.2, 0.25) is 5.02 Å². The maximum Gasteiger partial charge on any atom is 0.229 e. The molecule has 35 heavy (non-hydrogen) atoms. The van der Waals surface area contributed by atoms with Crippen LogP contribution < -0.4 is 10.6 Å². The van der Waals surface area contributed by atoms with Gasteiger partial charge in [-0.15, -0.1) is 5.10 Å². The molecule has 0 bridgehead atoms. The largest absolute Gasteiger partial charge is 0.366 e. The molecular weight excluding hydrogens is 469 g/mol. The van der Waals surface area contributed by atoms with Gasteiger partial charge in [0.05, 0.1) is 17.6 Å². The smallest absolute Gasteiger partial charge is 0.229 e. The topological polar surface area (TPSA) is 96.7 Å². The van der Waals surface area contributed by atoms with Gasteiger partial charge < -0.3 is 10.6 Å². The molecule has 184 valence electrons. The van der Waals surface area contributed by atoms with Gasteiger partial charge >= 0.3 is 0 Å². The summed E-state index contributed by atoms with van der Waals surface area (Å²) in [6.07, 6.45) is 8.21. The SMILES string of the molecule is CC1(C)C[C@H](Nc2nc(Nc3cc(-n4nnnc4C4CC4)ccc3F)ncc2Cl)C[C@@H]2CCCN21. The Morgan fingerprint density at radius 2 is 2.06 bits per heavy atom. The summed E-state index contributed by atoms with van der Waals surface area (Å²) >= 11 is 6.45. The quantitative estimate of drug-likeness (QED) is 0.506. The van der Waals surface area contributed by atoms with Crippen LogP contribution in [-0.4, -0.2) is 59.2 Å². The zero-order valence-corrected chi connectivity index (χ0v) is 20.6. The summed E-state index contributed by atoms with van der Waals surface area (Å²) in [6, 6.07) is 5.56. The molecule has 3 aliphatic rings. The van der Waals surface area contributed by atoms with E-state index in [-0.39, 0.29) is 23.2 Å². The van der Waals surface area contributed by atoms with E-state index in [2.05, 4.69) is 54.9 Å². The minimum atomic E-state index is -0.418. The summed E-state index contributed by atoms with van der Waals surface area (Å²) in [6.45, 7) is 5.79. The van der Waals surface area contributed by atoms with Crippen LogP contribution in [-0.2, 0) is 0 Å². The molecule has 3 fully saturated rings. The van der Waals surface area contributed by atoms with Gasteiger partial charge in [-0.3, -0.25) is 4.90 Å². The average Bonchev–Trinajstić information content (AvgIpc) is 3.33. The van der Waals surface area contributed by atoms with E-state index in [1.54, 1.807) is 23.0 Å². The molecule has 0 radical (unpaired) electrons. The molecule has 1 aliphatic carbocycles. The number of nitrogens with zero attached hydrogens (tertiary/aromatic N) is 7. The molecule has 9 nitrogen and oxygen atoms in total. The molecule has 2 aliphatic heterocycles. The lowest BCUT2D eigenvalue weighted by Gasteiger charge is -2.47. The van der Waals surface area contributed by atoms with Crippen molar-refractivity contribution in [3.63, 3.8) is 0 Å². The Labute approximate surface area is 208 Å². The van der Waals surface area contributed by atoms with Gasteiger partial charge in [-0.05, 0) is 87.5 Å². The predicted octanol–water partition coefficient (Wildman–Crippen LogP) is 4.68. The lowest BCUT2D eigenvalue weighted by molar-refractivity contribution is 0.0501. The fraction of sp³-hybridized carbons (Fsp3) is 0.542. The first kappa shape index (κ1) is 22.6. The zero-order valence-electron chi connectivity index (χ0n) is 19.9. The summed E-state index contributed by atoms with van der Waals surface area (Å²) in [5.41, 5.74) is 1.05. The summed E-state index contributed by atoms with van der Waals surface area (Å²) in [5.74, 6) is 1.57. The number of tetrazole rings is 1. The van der Waals surface area contributed by atoms with E-state index in [9.17, 15) is 4.39 Å². The normalized spacial score (nSPS) is 23.8. The van der Waals surface area contributed by atoms with E-state index >= 15 is 0 Å². The number of hydrogen-bond donors (Lipinski definition) is 2. The predicted molar refractivity (Wildman–Crippen MR) is 132 cm³/mol. The Morgan fingerprint density at radius 3 is 2.89 bits per heavy atom. The van der Waals surface area contributed by atoms with Gasteiger partial charge in [0.25, 0.3) is 0 Å². The van der Waals surface area contributed by atoms with Crippen molar-refractivity contribution < 1.29 is 4.39 Å². The number of hydrogen-bond acceptors (Lipinski definition) is 8. The number of nitrogens with one attached hydrogen (secondary N) is 2. The molecule has 4 heterocycles. The van der Waals surface area contributed by atoms with Crippen LogP contribution >= 0.6 is 11.6 Å². The van der Waals surface area contributed by atoms with Crippen LogP contribution in [0.5, 0.6) is 0 Å². The third-order valence-corrected chi connectivity index (χ3v) is 7.70. The van der Waals surface area contributed by atoms with Crippen LogP contribution in [0, 0.1) is 5.82 Å². The summed E-state index contributed by atoms with van der Waals surface area (Å²) in [4.78, 5) is 11.5. The molecule has 1 saturated carbocycles. The molecule has 1 aromatic carbocycles. The molecule has 11 heteroatoms. The molecule has 0 spiro atoms. The number of rotatable bonds is 6. The maximum absolute atomic E-state index is 14.7. The Kier molecular flexibility index (Phi) is 5.60. The fourth-order valence-corrected chi connectivity index (χ4v) is 5.82. The van der Waals surface area contributed by atoms with Gasteiger partial charge in [0, 0.05) is 23.5 Å². The van der Waals surface area contributed by atoms with Crippen LogP contribution in [0.25, 0.3) is 5.69 Å². The van der Waals surface area contributed by atoms with E-state index in [1.807, 2.05) is 0 Å². The van der Waals surface area contributed by atoms with Gasteiger partial charge in [0.1, 0.15) is 10.8 Å². The Hall–Kier alpha value is -2.85. The lowest BCUT2D eigenvalue weighted by atomic mass is 9.84. The Bertz CT molecular complexity index is 1240. The Morgan fingerprint density at radius 1 is 1.20 bits per heavy atom. The first-order valence-corrected chi connectivity index (χ1v) is 12.7. The molecule has 2 saturated heterocycles. The van der Waals surface area contributed by atoms with Gasteiger partial charge in [-0.2, -0.15) is 9.67 Å². The molecule has 2 atom stereocenters. The van der Waals surface area contributed by atoms with Crippen molar-refractivity contribution in [3.8, 4) is 5.69 Å². The molecule has 2 N–H and O–H groups in total. The van der Waals surface area contributed by atoms with Crippen LogP contribution in [0.4, 0.5) is 21.8 Å². The highest BCUT2D eigenvalue weighted by atomic mass is 35.5. The van der Waals surface area contributed by atoms with Crippen molar-refractivity contribution in [3.05, 3.63) is 41.1 Å². The monoisotopic (exact) mass is 497 g/mol. The van der Waals surface area contributed by atoms with Crippen molar-refractivity contribution in [2.75, 3.05) is 17.2 Å². The number of benzene rings is 1. The first-order valence-electron chi connectivity index (χ1n) is 12.3. The van der Waals surface area contributed by atoms with Gasteiger partial charge in [-0.1, -0.05) is 11.6 Å². The number of anilines is 3. The molecule has 3 aromatic rings. The maximum atomic E-state index is 14.7. The molecule has 6 rings (SSSR count). The lowest BCUT2D eigenvalue weighted by Crippen LogP contribution is -2.55. The van der Waals surface area contributed by atoms with Gasteiger partial charge in [0.2, 0.25) is 5.95 Å². The second kappa shape index (κ2) is 8.67. The number of piperidine rings is 1. The number of fused-ring (bicyclic) bond motifs is 1. The first-order chi connectivity index (χ1) is 16.9. The molecule has 2 aromatic heterocycles. The van der Waals surface area contributed by atoms with Crippen molar-refractivity contribution in [2.24, 2.45) is 0 Å². The van der Waals surface area contributed by atoms with Crippen molar-refractivity contribution in [2.45, 2.75) is 75.9 Å². The second-order valence-corrected chi connectivity index (χ2v) is 10.9. The molecule has 0 unspecified atom stereocenters. The summed E-state index contributed by atoms with van der Waals surface area (Å²) in [7, 11) is 0. The van der Waals surface area contributed by atoms with E-state index in [0.717, 1.165) is 31.5 Å². The third-order valence-electron chi connectivity index (χ3n) is 7.42. The highest BCUT2D eigenvalue weighted by Crippen LogP contribution is 2.40. The van der Waals surface area contributed by atoms with E-state index in [4.69, 9.17) is 11.6 Å².